The summed E-state index contributed by atoms with van der Waals surface area (Å²) in [6.07, 6.45) is 1.34. The van der Waals surface area contributed by atoms with Gasteiger partial charge in [0.15, 0.2) is 0 Å². The van der Waals surface area contributed by atoms with Gasteiger partial charge in [-0.15, -0.1) is 0 Å². The fourth-order valence-corrected chi connectivity index (χ4v) is 1.45. The van der Waals surface area contributed by atoms with Crippen LogP contribution >= 0.6 is 0 Å². The first-order valence-corrected chi connectivity index (χ1v) is 5.54. The summed E-state index contributed by atoms with van der Waals surface area (Å²) in [4.78, 5) is 28.9. The van der Waals surface area contributed by atoms with E-state index in [0.29, 0.717) is 28.7 Å². The van der Waals surface area contributed by atoms with Crippen molar-refractivity contribution in [2.75, 3.05) is 14.2 Å². The molecule has 2 aromatic rings. The van der Waals surface area contributed by atoms with Crippen molar-refractivity contribution in [1.82, 2.24) is 9.97 Å². The maximum absolute atomic E-state index is 11.5. The number of nitrogens with zero attached hydrogens (tertiary/aromatic N) is 1. The Morgan fingerprint density at radius 2 is 2.06 bits per heavy atom. The highest BCUT2D eigenvalue weighted by Gasteiger charge is 2.02. The fourth-order valence-electron chi connectivity index (χ4n) is 1.45. The number of aromatic nitrogens is 2. The van der Waals surface area contributed by atoms with Crippen molar-refractivity contribution in [2.45, 2.75) is 13.3 Å². The van der Waals surface area contributed by atoms with E-state index in [-0.39, 0.29) is 5.56 Å². The van der Waals surface area contributed by atoms with Crippen molar-refractivity contribution in [2.24, 2.45) is 0 Å². The molecule has 0 aliphatic heterocycles. The largest absolute Gasteiger partial charge is 0.388 e. The normalized spacial score (nSPS) is 9.72. The molecule has 0 saturated carbocycles. The lowest BCUT2D eigenvalue weighted by Gasteiger charge is -2.00. The Balaban J connectivity index is 0.000000492. The number of hydrogen-bond acceptors (Lipinski definition) is 4. The topological polar surface area (TPSA) is 72.0 Å². The minimum Gasteiger partial charge on any atom is -0.388 e. The second-order valence-corrected chi connectivity index (χ2v) is 3.67. The van der Waals surface area contributed by atoms with Crippen molar-refractivity contribution in [1.29, 1.82) is 0 Å². The number of hydrogen-bond donors (Lipinski definition) is 1. The van der Waals surface area contributed by atoms with Crippen LogP contribution in [0, 0.1) is 0 Å². The zero-order valence-corrected chi connectivity index (χ0v) is 10.7. The Morgan fingerprint density at radius 1 is 1.39 bits per heavy atom. The van der Waals surface area contributed by atoms with Crippen LogP contribution in [0.3, 0.4) is 0 Å². The molecule has 1 heterocycles. The second kappa shape index (κ2) is 6.66. The molecular weight excluding hydrogens is 232 g/mol. The molecular formula is C13H16N2O3. The van der Waals surface area contributed by atoms with E-state index in [0.717, 1.165) is 6.29 Å². The molecule has 0 radical (unpaired) electrons. The summed E-state index contributed by atoms with van der Waals surface area (Å²) < 4.78 is 4.25. The van der Waals surface area contributed by atoms with E-state index in [1.165, 1.54) is 0 Å². The first-order valence-electron chi connectivity index (χ1n) is 5.54. The SMILES string of the molecule is CCc1nc2ccc(C=O)cc2[nH]c1=O.COC. The number of aldehydes is 1. The molecule has 1 aromatic carbocycles. The maximum atomic E-state index is 11.5. The molecule has 1 N–H and O–H groups in total. The molecule has 5 nitrogen and oxygen atoms in total. The van der Waals surface area contributed by atoms with Gasteiger partial charge in [-0.1, -0.05) is 6.92 Å². The lowest BCUT2D eigenvalue weighted by atomic mass is 10.2. The zero-order valence-electron chi connectivity index (χ0n) is 10.7. The van der Waals surface area contributed by atoms with Crippen molar-refractivity contribution < 1.29 is 9.53 Å². The molecule has 0 spiro atoms. The number of rotatable bonds is 2. The summed E-state index contributed by atoms with van der Waals surface area (Å²) >= 11 is 0. The number of aryl methyl sites for hydroxylation is 1. The Morgan fingerprint density at radius 3 is 2.61 bits per heavy atom. The van der Waals surface area contributed by atoms with E-state index in [2.05, 4.69) is 14.7 Å². The Hall–Kier alpha value is -2.01. The first kappa shape index (κ1) is 14.1. The highest BCUT2D eigenvalue weighted by molar-refractivity contribution is 5.84. The minimum absolute atomic E-state index is 0.187. The number of fused-ring (bicyclic) bond motifs is 1. The summed E-state index contributed by atoms with van der Waals surface area (Å²) in [5.41, 5.74) is 2.16. The van der Waals surface area contributed by atoms with E-state index in [4.69, 9.17) is 0 Å². The van der Waals surface area contributed by atoms with E-state index >= 15 is 0 Å². The molecule has 0 amide bonds. The van der Waals surface area contributed by atoms with Crippen LogP contribution in [-0.2, 0) is 11.2 Å². The van der Waals surface area contributed by atoms with Gasteiger partial charge < -0.3 is 9.72 Å². The number of ether oxygens (including phenoxy) is 1. The van der Waals surface area contributed by atoms with E-state index in [1.807, 2.05) is 6.92 Å². The smallest absolute Gasteiger partial charge is 0.270 e. The molecule has 1 aromatic heterocycles. The van der Waals surface area contributed by atoms with Gasteiger partial charge in [0.25, 0.3) is 5.56 Å². The van der Waals surface area contributed by atoms with E-state index in [1.54, 1.807) is 32.4 Å². The molecule has 0 aliphatic carbocycles. The van der Waals surface area contributed by atoms with Crippen LogP contribution in [0.15, 0.2) is 23.0 Å². The highest BCUT2D eigenvalue weighted by Crippen LogP contribution is 2.09. The molecule has 18 heavy (non-hydrogen) atoms. The van der Waals surface area contributed by atoms with Crippen LogP contribution in [0.4, 0.5) is 0 Å². The monoisotopic (exact) mass is 248 g/mol. The van der Waals surface area contributed by atoms with Gasteiger partial charge >= 0.3 is 0 Å². The number of H-pyrrole nitrogens is 1. The molecule has 2 rings (SSSR count). The fraction of sp³-hybridized carbons (Fsp3) is 0.308. The third kappa shape index (κ3) is 3.24. The average Bonchev–Trinajstić information content (AvgIpc) is 2.38. The molecule has 5 heteroatoms. The standard InChI is InChI=1S/C11H10N2O2.C2H6O/c1-2-8-11(15)13-10-5-7(6-14)3-4-9(10)12-8;1-3-2/h3-6H,2H2,1H3,(H,13,15);1-2H3. The number of nitrogens with one attached hydrogen (secondary N) is 1. The zero-order chi connectivity index (χ0) is 13.5. The lowest BCUT2D eigenvalue weighted by Crippen LogP contribution is -2.14. The van der Waals surface area contributed by atoms with Crippen LogP contribution in [0.25, 0.3) is 11.0 Å². The van der Waals surface area contributed by atoms with Crippen LogP contribution in [0.1, 0.15) is 23.0 Å². The molecule has 0 saturated heterocycles. The Kier molecular flexibility index (Phi) is 5.20. The van der Waals surface area contributed by atoms with Crippen LogP contribution in [0.5, 0.6) is 0 Å². The highest BCUT2D eigenvalue weighted by atomic mass is 16.4. The average molecular weight is 248 g/mol. The van der Waals surface area contributed by atoms with Crippen molar-refractivity contribution in [3.8, 4) is 0 Å². The van der Waals surface area contributed by atoms with Gasteiger partial charge in [0.2, 0.25) is 0 Å². The lowest BCUT2D eigenvalue weighted by molar-refractivity contribution is 0.112. The number of carbonyl (C=O) groups is 1. The van der Waals surface area contributed by atoms with Crippen molar-refractivity contribution >= 4 is 17.3 Å². The summed E-state index contributed by atoms with van der Waals surface area (Å²) in [7, 11) is 3.25. The quantitative estimate of drug-likeness (QED) is 0.819. The molecule has 0 fully saturated rings. The van der Waals surface area contributed by atoms with E-state index < -0.39 is 0 Å². The third-order valence-electron chi connectivity index (χ3n) is 2.26. The summed E-state index contributed by atoms with van der Waals surface area (Å²) in [6, 6.07) is 5.03. The van der Waals surface area contributed by atoms with Crippen LogP contribution in [-0.4, -0.2) is 30.5 Å². The summed E-state index contributed by atoms with van der Waals surface area (Å²) in [5.74, 6) is 0. The maximum Gasteiger partial charge on any atom is 0.270 e. The van der Waals surface area contributed by atoms with Crippen molar-refractivity contribution in [3.05, 3.63) is 39.8 Å². The number of aromatic amines is 1. The first-order chi connectivity index (χ1) is 8.65. The predicted molar refractivity (Wildman–Crippen MR) is 70.1 cm³/mol. The molecule has 0 unspecified atom stereocenters. The second-order valence-electron chi connectivity index (χ2n) is 3.67. The summed E-state index contributed by atoms with van der Waals surface area (Å²) in [6.45, 7) is 1.88. The Labute approximate surface area is 105 Å². The van der Waals surface area contributed by atoms with Gasteiger partial charge in [-0.2, -0.15) is 0 Å². The molecule has 0 bridgehead atoms. The van der Waals surface area contributed by atoms with Gasteiger partial charge in [0.1, 0.15) is 12.0 Å². The van der Waals surface area contributed by atoms with Gasteiger partial charge in [-0.3, -0.25) is 9.59 Å². The third-order valence-corrected chi connectivity index (χ3v) is 2.26. The van der Waals surface area contributed by atoms with Gasteiger partial charge in [-0.05, 0) is 24.6 Å². The number of carbonyl (C=O) groups excluding carboxylic acids is 1. The van der Waals surface area contributed by atoms with Gasteiger partial charge in [0, 0.05) is 19.8 Å². The molecule has 0 atom stereocenters. The van der Waals surface area contributed by atoms with Crippen molar-refractivity contribution in [3.63, 3.8) is 0 Å². The summed E-state index contributed by atoms with van der Waals surface area (Å²) in [5, 5.41) is 0. The Bertz CT molecular complexity index is 590. The van der Waals surface area contributed by atoms with Gasteiger partial charge in [0.05, 0.1) is 11.0 Å². The number of benzene rings is 1. The van der Waals surface area contributed by atoms with Crippen LogP contribution in [0.2, 0.25) is 0 Å². The van der Waals surface area contributed by atoms with E-state index in [9.17, 15) is 9.59 Å². The molecule has 96 valence electrons. The van der Waals surface area contributed by atoms with Crippen LogP contribution < -0.4 is 5.56 Å². The number of methoxy groups -OCH3 is 1. The molecule has 0 aliphatic rings. The predicted octanol–water partition coefficient (Wildman–Crippen LogP) is 1.56. The minimum atomic E-state index is -0.187. The van der Waals surface area contributed by atoms with Gasteiger partial charge in [-0.25, -0.2) is 4.98 Å².